The predicted molar refractivity (Wildman–Crippen MR) is 92.3 cm³/mol. The van der Waals surface area contributed by atoms with Crippen LogP contribution in [0.15, 0.2) is 65.3 Å². The van der Waals surface area contributed by atoms with Crippen LogP contribution < -0.4 is 5.32 Å². The molecule has 1 heterocycles. The fourth-order valence-corrected chi connectivity index (χ4v) is 2.33. The van der Waals surface area contributed by atoms with Crippen LogP contribution >= 0.6 is 15.9 Å². The Morgan fingerprint density at radius 3 is 2.62 bits per heavy atom. The van der Waals surface area contributed by atoms with Gasteiger partial charge in [-0.25, -0.2) is 4.68 Å². The third kappa shape index (κ3) is 3.49. The number of hydrogen-bond acceptors (Lipinski definition) is 4. The standard InChI is InChI=1S/C16H11BrN4O3/c17-11-4-6-12(7-5-11)18-16(22)15-8-9-20(19-15)13-2-1-3-14(10-13)21(23)24/h1-10H,(H,18,22). The Morgan fingerprint density at radius 2 is 1.92 bits per heavy atom. The van der Waals surface area contributed by atoms with E-state index < -0.39 is 4.92 Å². The van der Waals surface area contributed by atoms with Crippen molar-refractivity contribution >= 4 is 33.2 Å². The Bertz CT molecular complexity index is 906. The van der Waals surface area contributed by atoms with Gasteiger partial charge in [0.2, 0.25) is 0 Å². The first-order valence-corrected chi connectivity index (χ1v) is 7.70. The molecule has 0 saturated carbocycles. The number of rotatable bonds is 4. The molecule has 0 saturated heterocycles. The van der Waals surface area contributed by atoms with Crippen molar-refractivity contribution in [1.82, 2.24) is 9.78 Å². The lowest BCUT2D eigenvalue weighted by Gasteiger charge is -2.03. The highest BCUT2D eigenvalue weighted by molar-refractivity contribution is 9.10. The largest absolute Gasteiger partial charge is 0.321 e. The molecule has 0 aliphatic rings. The average Bonchev–Trinajstić information content (AvgIpc) is 3.07. The topological polar surface area (TPSA) is 90.1 Å². The molecule has 0 unspecified atom stereocenters. The second kappa shape index (κ2) is 6.63. The third-order valence-corrected chi connectivity index (χ3v) is 3.76. The van der Waals surface area contributed by atoms with Crippen molar-refractivity contribution in [2.75, 3.05) is 5.32 Å². The summed E-state index contributed by atoms with van der Waals surface area (Å²) in [4.78, 5) is 22.6. The molecule has 0 atom stereocenters. The van der Waals surface area contributed by atoms with E-state index in [1.165, 1.54) is 16.8 Å². The highest BCUT2D eigenvalue weighted by atomic mass is 79.9. The summed E-state index contributed by atoms with van der Waals surface area (Å²) >= 11 is 3.33. The summed E-state index contributed by atoms with van der Waals surface area (Å²) in [7, 11) is 0. The van der Waals surface area contributed by atoms with Gasteiger partial charge in [0.15, 0.2) is 5.69 Å². The molecule has 1 amide bonds. The first-order chi connectivity index (χ1) is 11.5. The molecule has 1 N–H and O–H groups in total. The van der Waals surface area contributed by atoms with Gasteiger partial charge in [0.05, 0.1) is 10.6 Å². The maximum atomic E-state index is 12.2. The average molecular weight is 387 g/mol. The minimum Gasteiger partial charge on any atom is -0.321 e. The number of carbonyl (C=O) groups excluding carboxylic acids is 1. The lowest BCUT2D eigenvalue weighted by Crippen LogP contribution is -2.13. The summed E-state index contributed by atoms with van der Waals surface area (Å²) in [5, 5.41) is 17.7. The van der Waals surface area contributed by atoms with Crippen molar-refractivity contribution in [2.24, 2.45) is 0 Å². The van der Waals surface area contributed by atoms with Gasteiger partial charge in [-0.1, -0.05) is 22.0 Å². The van der Waals surface area contributed by atoms with Crippen LogP contribution in [0.3, 0.4) is 0 Å². The van der Waals surface area contributed by atoms with Crippen molar-refractivity contribution < 1.29 is 9.72 Å². The normalized spacial score (nSPS) is 10.4. The molecule has 120 valence electrons. The highest BCUT2D eigenvalue weighted by Crippen LogP contribution is 2.17. The number of amides is 1. The zero-order chi connectivity index (χ0) is 17.1. The van der Waals surface area contributed by atoms with Crippen LogP contribution in [0.4, 0.5) is 11.4 Å². The van der Waals surface area contributed by atoms with E-state index in [2.05, 4.69) is 26.3 Å². The van der Waals surface area contributed by atoms with Gasteiger partial charge in [0.25, 0.3) is 11.6 Å². The number of benzene rings is 2. The monoisotopic (exact) mass is 386 g/mol. The van der Waals surface area contributed by atoms with Crippen LogP contribution in [0.5, 0.6) is 0 Å². The van der Waals surface area contributed by atoms with Crippen LogP contribution in [0, 0.1) is 10.1 Å². The molecule has 0 spiro atoms. The molecule has 0 bridgehead atoms. The molecule has 0 radical (unpaired) electrons. The fourth-order valence-electron chi connectivity index (χ4n) is 2.07. The van der Waals surface area contributed by atoms with Gasteiger partial charge in [-0.2, -0.15) is 5.10 Å². The minimum absolute atomic E-state index is 0.0381. The quantitative estimate of drug-likeness (QED) is 0.545. The number of non-ortho nitro benzene ring substituents is 1. The van der Waals surface area contributed by atoms with E-state index in [1.807, 2.05) is 12.1 Å². The van der Waals surface area contributed by atoms with Crippen molar-refractivity contribution in [3.05, 3.63) is 81.1 Å². The number of anilines is 1. The summed E-state index contributed by atoms with van der Waals surface area (Å²) in [5.74, 6) is -0.360. The first-order valence-electron chi connectivity index (χ1n) is 6.90. The van der Waals surface area contributed by atoms with Crippen LogP contribution in [0.2, 0.25) is 0 Å². The lowest BCUT2D eigenvalue weighted by molar-refractivity contribution is -0.384. The Kier molecular flexibility index (Phi) is 4.39. The number of aromatic nitrogens is 2. The van der Waals surface area contributed by atoms with Gasteiger partial charge in [0.1, 0.15) is 0 Å². The molecule has 24 heavy (non-hydrogen) atoms. The SMILES string of the molecule is O=C(Nc1ccc(Br)cc1)c1ccn(-c2cccc([N+](=O)[O-])c2)n1. The van der Waals surface area contributed by atoms with E-state index in [0.717, 1.165) is 4.47 Å². The molecule has 0 aliphatic heterocycles. The Morgan fingerprint density at radius 1 is 1.17 bits per heavy atom. The number of nitro benzene ring substituents is 1. The minimum atomic E-state index is -0.478. The van der Waals surface area contributed by atoms with Gasteiger partial charge in [-0.3, -0.25) is 14.9 Å². The summed E-state index contributed by atoms with van der Waals surface area (Å²) in [6.07, 6.45) is 1.58. The molecule has 7 nitrogen and oxygen atoms in total. The molecular weight excluding hydrogens is 376 g/mol. The maximum absolute atomic E-state index is 12.2. The van der Waals surface area contributed by atoms with Crippen molar-refractivity contribution in [2.45, 2.75) is 0 Å². The van der Waals surface area contributed by atoms with Crippen LogP contribution in [0.1, 0.15) is 10.5 Å². The predicted octanol–water partition coefficient (Wildman–Crippen LogP) is 3.80. The number of nitrogens with one attached hydrogen (secondary N) is 1. The van der Waals surface area contributed by atoms with E-state index in [4.69, 9.17) is 0 Å². The molecular formula is C16H11BrN4O3. The maximum Gasteiger partial charge on any atom is 0.276 e. The molecule has 0 fully saturated rings. The second-order valence-corrected chi connectivity index (χ2v) is 5.80. The highest BCUT2D eigenvalue weighted by Gasteiger charge is 2.12. The summed E-state index contributed by atoms with van der Waals surface area (Å²) < 4.78 is 2.33. The van der Waals surface area contributed by atoms with Gasteiger partial charge >= 0.3 is 0 Å². The summed E-state index contributed by atoms with van der Waals surface area (Å²) in [6, 6.07) is 14.7. The lowest BCUT2D eigenvalue weighted by atomic mass is 10.3. The molecule has 3 rings (SSSR count). The van der Waals surface area contributed by atoms with E-state index in [-0.39, 0.29) is 17.3 Å². The van der Waals surface area contributed by atoms with Crippen molar-refractivity contribution in [3.8, 4) is 5.69 Å². The Labute approximate surface area is 145 Å². The van der Waals surface area contributed by atoms with Crippen molar-refractivity contribution in [1.29, 1.82) is 0 Å². The van der Waals surface area contributed by atoms with Crippen molar-refractivity contribution in [3.63, 3.8) is 0 Å². The number of nitro groups is 1. The zero-order valence-electron chi connectivity index (χ0n) is 12.2. The fraction of sp³-hybridized carbons (Fsp3) is 0. The summed E-state index contributed by atoms with van der Waals surface area (Å²) in [5.41, 5.74) is 1.33. The van der Waals surface area contributed by atoms with Gasteiger partial charge < -0.3 is 5.32 Å². The number of hydrogen-bond donors (Lipinski definition) is 1. The third-order valence-electron chi connectivity index (χ3n) is 3.23. The van der Waals surface area contributed by atoms with Gasteiger partial charge in [-0.15, -0.1) is 0 Å². The van der Waals surface area contributed by atoms with E-state index >= 15 is 0 Å². The molecule has 2 aromatic carbocycles. The van der Waals surface area contributed by atoms with Crippen LogP contribution in [-0.4, -0.2) is 20.6 Å². The molecule has 8 heteroatoms. The number of halogens is 1. The van der Waals surface area contributed by atoms with Crippen LogP contribution in [0.25, 0.3) is 5.69 Å². The Balaban J connectivity index is 1.80. The molecule has 1 aromatic heterocycles. The smallest absolute Gasteiger partial charge is 0.276 e. The van der Waals surface area contributed by atoms with E-state index in [0.29, 0.717) is 11.4 Å². The second-order valence-electron chi connectivity index (χ2n) is 4.88. The molecule has 3 aromatic rings. The van der Waals surface area contributed by atoms with Crippen LogP contribution in [-0.2, 0) is 0 Å². The first kappa shape index (κ1) is 15.9. The van der Waals surface area contributed by atoms with Gasteiger partial charge in [-0.05, 0) is 36.4 Å². The number of carbonyl (C=O) groups is 1. The zero-order valence-corrected chi connectivity index (χ0v) is 13.8. The molecule has 0 aliphatic carbocycles. The van der Waals surface area contributed by atoms with E-state index in [9.17, 15) is 14.9 Å². The Hall–Kier alpha value is -3.00. The summed E-state index contributed by atoms with van der Waals surface area (Å²) in [6.45, 7) is 0. The number of nitrogens with zero attached hydrogens (tertiary/aromatic N) is 3. The van der Waals surface area contributed by atoms with E-state index in [1.54, 1.807) is 36.5 Å². The van der Waals surface area contributed by atoms with Gasteiger partial charge in [0, 0.05) is 28.5 Å².